The van der Waals surface area contributed by atoms with Gasteiger partial charge in [-0.05, 0) is 32.0 Å². The van der Waals surface area contributed by atoms with E-state index in [0.29, 0.717) is 17.0 Å². The van der Waals surface area contributed by atoms with Gasteiger partial charge < -0.3 is 9.47 Å². The first-order valence-electron chi connectivity index (χ1n) is 6.11. The highest BCUT2D eigenvalue weighted by Gasteiger charge is 2.16. The van der Waals surface area contributed by atoms with E-state index in [1.807, 2.05) is 12.1 Å². The van der Waals surface area contributed by atoms with Gasteiger partial charge in [-0.3, -0.25) is 4.98 Å². The zero-order valence-electron chi connectivity index (χ0n) is 11.5. The lowest BCUT2D eigenvalue weighted by Gasteiger charge is -2.09. The summed E-state index contributed by atoms with van der Waals surface area (Å²) < 4.78 is 10.1. The molecule has 0 N–H and O–H groups in total. The number of benzene rings is 1. The average molecular weight is 270 g/mol. The molecule has 0 spiro atoms. The Bertz CT molecular complexity index is 704. The van der Waals surface area contributed by atoms with Crippen LogP contribution in [0.1, 0.15) is 23.0 Å². The lowest BCUT2D eigenvalue weighted by atomic mass is 10.1. The van der Waals surface area contributed by atoms with Gasteiger partial charge in [-0.1, -0.05) is 0 Å². The van der Waals surface area contributed by atoms with E-state index >= 15 is 0 Å². The number of esters is 1. The first-order chi connectivity index (χ1) is 9.55. The van der Waals surface area contributed by atoms with Gasteiger partial charge in [0.15, 0.2) is 6.10 Å². The van der Waals surface area contributed by atoms with Crippen LogP contribution in [0.5, 0.6) is 5.75 Å². The highest BCUT2D eigenvalue weighted by atomic mass is 16.5. The van der Waals surface area contributed by atoms with Crippen molar-refractivity contribution in [2.24, 2.45) is 0 Å². The van der Waals surface area contributed by atoms with Crippen molar-refractivity contribution in [1.29, 1.82) is 5.26 Å². The second kappa shape index (κ2) is 5.57. The summed E-state index contributed by atoms with van der Waals surface area (Å²) >= 11 is 0. The lowest BCUT2D eigenvalue weighted by molar-refractivity contribution is 0.0434. The van der Waals surface area contributed by atoms with Gasteiger partial charge in [0.05, 0.1) is 23.9 Å². The molecule has 0 aliphatic rings. The summed E-state index contributed by atoms with van der Waals surface area (Å²) in [4.78, 5) is 16.3. The van der Waals surface area contributed by atoms with Crippen LogP contribution in [0, 0.1) is 18.3 Å². The van der Waals surface area contributed by atoms with Gasteiger partial charge in [-0.2, -0.15) is 5.26 Å². The molecular formula is C15H14N2O3. The summed E-state index contributed by atoms with van der Waals surface area (Å²) in [5.41, 5.74) is 1.66. The first kappa shape index (κ1) is 13.8. The Kier molecular flexibility index (Phi) is 3.85. The van der Waals surface area contributed by atoms with Crippen molar-refractivity contribution in [2.45, 2.75) is 20.0 Å². The second-order valence-corrected chi connectivity index (χ2v) is 4.36. The fraction of sp³-hybridized carbons (Fsp3) is 0.267. The zero-order valence-corrected chi connectivity index (χ0v) is 11.5. The summed E-state index contributed by atoms with van der Waals surface area (Å²) in [6.07, 6.45) is -0.784. The molecule has 1 aromatic heterocycles. The molecule has 102 valence electrons. The highest BCUT2D eigenvalue weighted by Crippen LogP contribution is 2.22. The van der Waals surface area contributed by atoms with Gasteiger partial charge in [0.2, 0.25) is 0 Å². The fourth-order valence-corrected chi connectivity index (χ4v) is 1.83. The predicted molar refractivity (Wildman–Crippen MR) is 73.5 cm³/mol. The van der Waals surface area contributed by atoms with E-state index in [9.17, 15) is 4.79 Å². The van der Waals surface area contributed by atoms with Crippen molar-refractivity contribution >= 4 is 16.9 Å². The maximum Gasteiger partial charge on any atom is 0.341 e. The highest BCUT2D eigenvalue weighted by molar-refractivity contribution is 5.95. The van der Waals surface area contributed by atoms with E-state index in [2.05, 4.69) is 4.98 Å². The van der Waals surface area contributed by atoms with Crippen LogP contribution in [0.3, 0.4) is 0 Å². The van der Waals surface area contributed by atoms with Crippen molar-refractivity contribution in [3.63, 3.8) is 0 Å². The predicted octanol–water partition coefficient (Wildman–Crippen LogP) is 2.62. The molecule has 0 fully saturated rings. The summed E-state index contributed by atoms with van der Waals surface area (Å²) in [6.45, 7) is 3.25. The maximum absolute atomic E-state index is 12.0. The van der Waals surface area contributed by atoms with E-state index in [-0.39, 0.29) is 0 Å². The zero-order chi connectivity index (χ0) is 14.7. The molecule has 1 aromatic carbocycles. The topological polar surface area (TPSA) is 72.2 Å². The van der Waals surface area contributed by atoms with E-state index in [0.717, 1.165) is 10.9 Å². The number of aromatic nitrogens is 1. The van der Waals surface area contributed by atoms with Crippen LogP contribution < -0.4 is 4.74 Å². The molecule has 20 heavy (non-hydrogen) atoms. The number of hydrogen-bond acceptors (Lipinski definition) is 5. The van der Waals surface area contributed by atoms with Gasteiger partial charge in [-0.15, -0.1) is 0 Å². The van der Waals surface area contributed by atoms with E-state index in [1.165, 1.54) is 6.92 Å². The number of carbonyl (C=O) groups excluding carboxylic acids is 1. The molecule has 0 saturated carbocycles. The van der Waals surface area contributed by atoms with Crippen molar-refractivity contribution < 1.29 is 14.3 Å². The van der Waals surface area contributed by atoms with Crippen LogP contribution in [0.25, 0.3) is 10.9 Å². The molecule has 0 unspecified atom stereocenters. The van der Waals surface area contributed by atoms with Crippen molar-refractivity contribution in [2.75, 3.05) is 7.11 Å². The Labute approximate surface area is 116 Å². The van der Waals surface area contributed by atoms with Crippen LogP contribution in [0.15, 0.2) is 24.3 Å². The minimum atomic E-state index is -0.784. The molecule has 0 aliphatic carbocycles. The molecule has 0 amide bonds. The average Bonchev–Trinajstić information content (AvgIpc) is 2.45. The number of carbonyl (C=O) groups is 1. The van der Waals surface area contributed by atoms with Crippen LogP contribution in [0.4, 0.5) is 0 Å². The third-order valence-electron chi connectivity index (χ3n) is 2.90. The number of ether oxygens (including phenoxy) is 2. The molecular weight excluding hydrogens is 256 g/mol. The number of methoxy groups -OCH3 is 1. The van der Waals surface area contributed by atoms with Crippen molar-refractivity contribution in [3.05, 3.63) is 35.5 Å². The van der Waals surface area contributed by atoms with Gasteiger partial charge in [0.1, 0.15) is 11.8 Å². The Morgan fingerprint density at radius 3 is 2.80 bits per heavy atom. The smallest absolute Gasteiger partial charge is 0.341 e. The van der Waals surface area contributed by atoms with Gasteiger partial charge >= 0.3 is 5.97 Å². The molecule has 0 saturated heterocycles. The Morgan fingerprint density at radius 2 is 2.15 bits per heavy atom. The van der Waals surface area contributed by atoms with E-state index in [1.54, 1.807) is 32.2 Å². The van der Waals surface area contributed by atoms with Crippen molar-refractivity contribution in [1.82, 2.24) is 4.98 Å². The number of hydrogen-bond donors (Lipinski definition) is 0. The molecule has 2 rings (SSSR count). The summed E-state index contributed by atoms with van der Waals surface area (Å²) in [5, 5.41) is 9.49. The first-order valence-corrected chi connectivity index (χ1v) is 6.11. The molecule has 5 heteroatoms. The normalized spacial score (nSPS) is 11.7. The molecule has 5 nitrogen and oxygen atoms in total. The number of nitrogens with zero attached hydrogens (tertiary/aromatic N) is 2. The fourth-order valence-electron chi connectivity index (χ4n) is 1.83. The minimum Gasteiger partial charge on any atom is -0.497 e. The Hall–Kier alpha value is -2.61. The van der Waals surface area contributed by atoms with Crippen LogP contribution in [0.2, 0.25) is 0 Å². The standard InChI is InChI=1S/C15H14N2O3/c1-9(8-16)20-15(18)13-6-11-4-5-12(19-3)7-14(11)17-10(13)2/h4-7,9H,1-3H3/t9-/m1/s1. The Morgan fingerprint density at radius 1 is 1.40 bits per heavy atom. The number of pyridine rings is 1. The van der Waals surface area contributed by atoms with E-state index < -0.39 is 12.1 Å². The van der Waals surface area contributed by atoms with E-state index in [4.69, 9.17) is 14.7 Å². The minimum absolute atomic E-state index is 0.366. The lowest BCUT2D eigenvalue weighted by Crippen LogP contribution is -2.14. The van der Waals surface area contributed by atoms with Gasteiger partial charge in [0, 0.05) is 11.5 Å². The number of fused-ring (bicyclic) bond motifs is 1. The molecule has 2 aromatic rings. The number of nitriles is 1. The molecule has 0 aliphatic heterocycles. The number of aryl methyl sites for hydroxylation is 1. The Balaban J connectivity index is 2.43. The quantitative estimate of drug-likeness (QED) is 0.802. The second-order valence-electron chi connectivity index (χ2n) is 4.36. The van der Waals surface area contributed by atoms with Gasteiger partial charge in [-0.25, -0.2) is 4.79 Å². The van der Waals surface area contributed by atoms with Crippen LogP contribution in [-0.4, -0.2) is 24.2 Å². The summed E-state index contributed by atoms with van der Waals surface area (Å²) in [7, 11) is 1.59. The van der Waals surface area contributed by atoms with Gasteiger partial charge in [0.25, 0.3) is 0 Å². The number of rotatable bonds is 3. The largest absolute Gasteiger partial charge is 0.497 e. The third-order valence-corrected chi connectivity index (χ3v) is 2.90. The SMILES string of the molecule is COc1ccc2cc(C(=O)O[C@H](C)C#N)c(C)nc2c1. The summed E-state index contributed by atoms with van der Waals surface area (Å²) in [6, 6.07) is 8.99. The molecule has 1 heterocycles. The molecule has 0 radical (unpaired) electrons. The maximum atomic E-state index is 12.0. The summed E-state index contributed by atoms with van der Waals surface area (Å²) in [5.74, 6) is 0.166. The van der Waals surface area contributed by atoms with Crippen LogP contribution >= 0.6 is 0 Å². The monoisotopic (exact) mass is 270 g/mol. The third kappa shape index (κ3) is 2.69. The van der Waals surface area contributed by atoms with Crippen molar-refractivity contribution in [3.8, 4) is 11.8 Å². The molecule has 1 atom stereocenters. The molecule has 0 bridgehead atoms. The van der Waals surface area contributed by atoms with Crippen LogP contribution in [-0.2, 0) is 4.74 Å².